The van der Waals surface area contributed by atoms with Crippen molar-refractivity contribution < 1.29 is 37.4 Å². The Morgan fingerprint density at radius 1 is 0.569 bits per heavy atom. The third-order valence-electron chi connectivity index (χ3n) is 9.77. The van der Waals surface area contributed by atoms with Crippen LogP contribution in [0.15, 0.2) is 0 Å². The van der Waals surface area contributed by atoms with Gasteiger partial charge in [0, 0.05) is 25.9 Å². The van der Waals surface area contributed by atoms with Gasteiger partial charge in [-0.2, -0.15) is 0 Å². The summed E-state index contributed by atoms with van der Waals surface area (Å²) >= 11 is 0. The number of carbonyl (C=O) groups is 3. The van der Waals surface area contributed by atoms with Gasteiger partial charge in [-0.3, -0.25) is 14.5 Å². The molecule has 1 unspecified atom stereocenters. The van der Waals surface area contributed by atoms with Crippen LogP contribution in [0.1, 0.15) is 194 Å². The van der Waals surface area contributed by atoms with E-state index >= 15 is 0 Å². The van der Waals surface area contributed by atoms with Crippen molar-refractivity contribution in [3.8, 4) is 0 Å². The zero-order valence-electron chi connectivity index (χ0n) is 32.7. The van der Waals surface area contributed by atoms with Crippen LogP contribution in [-0.2, 0) is 23.8 Å². The summed E-state index contributed by atoms with van der Waals surface area (Å²) in [6, 6.07) is -0.272. The summed E-state index contributed by atoms with van der Waals surface area (Å²) in [6.07, 6.45) is 28.2. The Kier molecular flexibility index (Phi) is 31.2. The summed E-state index contributed by atoms with van der Waals surface area (Å²) in [7, 11) is 0. The summed E-state index contributed by atoms with van der Waals surface area (Å²) < 4.78 is 41.3. The molecule has 1 atom stereocenters. The number of hydrogen-bond acceptors (Lipinski definition) is 7. The summed E-state index contributed by atoms with van der Waals surface area (Å²) in [5, 5.41) is 2.64. The molecule has 1 fully saturated rings. The standard InChI is InChI=1S/C41H76F2N2O6/c1-3-5-7-9-11-13-15-17-19-21-23-25-27-29-39(46)49-34-37(35-50-41(48)44-36-31-45(32-36)33-38(42)43)51-40(47)30-28-26-24-22-20-18-16-14-12-10-8-6-4-2/h36-38H,3-35H2,1-2H3,(H,44,48). The van der Waals surface area contributed by atoms with Gasteiger partial charge in [-0.15, -0.1) is 0 Å². The largest absolute Gasteiger partial charge is 0.462 e. The van der Waals surface area contributed by atoms with E-state index in [1.165, 1.54) is 128 Å². The Balaban J connectivity index is 2.26. The Bertz CT molecular complexity index is 843. The maximum absolute atomic E-state index is 12.6. The molecule has 0 saturated carbocycles. The van der Waals surface area contributed by atoms with Gasteiger partial charge in [0.05, 0.1) is 12.6 Å². The number of nitrogens with zero attached hydrogens (tertiary/aromatic N) is 1. The third-order valence-corrected chi connectivity index (χ3v) is 9.77. The Hall–Kier alpha value is -1.97. The van der Waals surface area contributed by atoms with Crippen molar-refractivity contribution in [1.29, 1.82) is 0 Å². The lowest BCUT2D eigenvalue weighted by Gasteiger charge is -2.38. The molecule has 1 aliphatic rings. The maximum atomic E-state index is 12.6. The first-order chi connectivity index (χ1) is 24.8. The molecule has 1 rings (SSSR count). The number of nitrogens with one attached hydrogen (secondary N) is 1. The van der Waals surface area contributed by atoms with Crippen molar-refractivity contribution in [2.75, 3.05) is 32.8 Å². The van der Waals surface area contributed by atoms with Gasteiger partial charge in [0.25, 0.3) is 6.43 Å². The van der Waals surface area contributed by atoms with Crippen molar-refractivity contribution in [3.63, 3.8) is 0 Å². The molecule has 1 saturated heterocycles. The average molecular weight is 731 g/mol. The molecule has 0 radical (unpaired) electrons. The Morgan fingerprint density at radius 2 is 0.941 bits per heavy atom. The molecule has 10 heteroatoms. The summed E-state index contributed by atoms with van der Waals surface area (Å²) in [6.45, 7) is 4.39. The number of alkyl carbamates (subject to hydrolysis) is 1. The van der Waals surface area contributed by atoms with E-state index in [-0.39, 0.29) is 38.2 Å². The van der Waals surface area contributed by atoms with Gasteiger partial charge in [0.2, 0.25) is 0 Å². The van der Waals surface area contributed by atoms with Crippen LogP contribution in [0.2, 0.25) is 0 Å². The normalized spacial score (nSPS) is 14.0. The fourth-order valence-electron chi connectivity index (χ4n) is 6.58. The van der Waals surface area contributed by atoms with E-state index in [1.54, 1.807) is 4.90 Å². The topological polar surface area (TPSA) is 94.2 Å². The van der Waals surface area contributed by atoms with Gasteiger partial charge in [-0.05, 0) is 12.8 Å². The Morgan fingerprint density at radius 3 is 1.35 bits per heavy atom. The number of alkyl halides is 2. The highest BCUT2D eigenvalue weighted by molar-refractivity contribution is 5.70. The molecular formula is C41H76F2N2O6. The van der Waals surface area contributed by atoms with E-state index < -0.39 is 24.6 Å². The van der Waals surface area contributed by atoms with E-state index in [4.69, 9.17) is 14.2 Å². The molecule has 1 aliphatic heterocycles. The van der Waals surface area contributed by atoms with Gasteiger partial charge in [-0.25, -0.2) is 13.6 Å². The molecule has 8 nitrogen and oxygen atoms in total. The van der Waals surface area contributed by atoms with E-state index in [0.717, 1.165) is 38.5 Å². The predicted molar refractivity (Wildman–Crippen MR) is 202 cm³/mol. The lowest BCUT2D eigenvalue weighted by molar-refractivity contribution is -0.161. The fraction of sp³-hybridized carbons (Fsp3) is 0.927. The van der Waals surface area contributed by atoms with Gasteiger partial charge in [0.15, 0.2) is 6.10 Å². The highest BCUT2D eigenvalue weighted by Gasteiger charge is 2.30. The monoisotopic (exact) mass is 731 g/mol. The summed E-state index contributed by atoms with van der Waals surface area (Å²) in [5.41, 5.74) is 0. The maximum Gasteiger partial charge on any atom is 0.407 e. The first-order valence-electron chi connectivity index (χ1n) is 21.1. The molecule has 0 spiro atoms. The van der Waals surface area contributed by atoms with Crippen molar-refractivity contribution in [2.45, 2.75) is 212 Å². The molecular weight excluding hydrogens is 654 g/mol. The van der Waals surface area contributed by atoms with Gasteiger partial charge in [0.1, 0.15) is 13.2 Å². The molecule has 0 aliphatic carbocycles. The zero-order chi connectivity index (χ0) is 37.2. The molecule has 1 heterocycles. The van der Waals surface area contributed by atoms with Crippen LogP contribution < -0.4 is 5.32 Å². The number of likely N-dealkylation sites (tertiary alicyclic amines) is 1. The summed E-state index contributed by atoms with van der Waals surface area (Å²) in [5.74, 6) is -0.755. The SMILES string of the molecule is CCCCCCCCCCCCCCCC(=O)OCC(COC(=O)NC1CN(CC(F)F)C1)OC(=O)CCCCCCCCCCCCCCC. The number of hydrogen-bond donors (Lipinski definition) is 1. The summed E-state index contributed by atoms with van der Waals surface area (Å²) in [4.78, 5) is 38.9. The minimum absolute atomic E-state index is 0.180. The fourth-order valence-corrected chi connectivity index (χ4v) is 6.58. The number of rotatable bonds is 36. The van der Waals surface area contributed by atoms with Crippen LogP contribution in [0.4, 0.5) is 13.6 Å². The van der Waals surface area contributed by atoms with Crippen molar-refractivity contribution in [2.24, 2.45) is 0 Å². The van der Waals surface area contributed by atoms with E-state index in [0.29, 0.717) is 19.5 Å². The van der Waals surface area contributed by atoms with Gasteiger partial charge < -0.3 is 19.5 Å². The second-order valence-corrected chi connectivity index (χ2v) is 14.8. The number of halogens is 2. The van der Waals surface area contributed by atoms with E-state index in [2.05, 4.69) is 19.2 Å². The van der Waals surface area contributed by atoms with Crippen LogP contribution in [0.25, 0.3) is 0 Å². The minimum Gasteiger partial charge on any atom is -0.462 e. The first-order valence-corrected chi connectivity index (χ1v) is 21.1. The van der Waals surface area contributed by atoms with Crippen molar-refractivity contribution >= 4 is 18.0 Å². The van der Waals surface area contributed by atoms with Crippen LogP contribution in [0, 0.1) is 0 Å². The second kappa shape index (κ2) is 33.8. The number of esters is 2. The molecule has 300 valence electrons. The third kappa shape index (κ3) is 30.2. The van der Waals surface area contributed by atoms with Crippen LogP contribution in [-0.4, -0.2) is 74.4 Å². The molecule has 1 amide bonds. The minimum atomic E-state index is -2.42. The van der Waals surface area contributed by atoms with Crippen LogP contribution >= 0.6 is 0 Å². The highest BCUT2D eigenvalue weighted by atomic mass is 19.3. The number of carbonyl (C=O) groups excluding carboxylic acids is 3. The molecule has 0 bridgehead atoms. The van der Waals surface area contributed by atoms with Crippen LogP contribution in [0.5, 0.6) is 0 Å². The van der Waals surface area contributed by atoms with Crippen molar-refractivity contribution in [3.05, 3.63) is 0 Å². The van der Waals surface area contributed by atoms with Gasteiger partial charge >= 0.3 is 18.0 Å². The predicted octanol–water partition coefficient (Wildman–Crippen LogP) is 11.1. The lowest BCUT2D eigenvalue weighted by Crippen LogP contribution is -2.60. The molecule has 51 heavy (non-hydrogen) atoms. The first kappa shape index (κ1) is 47.1. The quantitative estimate of drug-likeness (QED) is 0.0389. The zero-order valence-corrected chi connectivity index (χ0v) is 32.7. The van der Waals surface area contributed by atoms with E-state index in [9.17, 15) is 23.2 Å². The van der Waals surface area contributed by atoms with Crippen molar-refractivity contribution in [1.82, 2.24) is 10.2 Å². The molecule has 1 N–H and O–H groups in total. The van der Waals surface area contributed by atoms with Crippen LogP contribution in [0.3, 0.4) is 0 Å². The number of unbranched alkanes of at least 4 members (excludes halogenated alkanes) is 24. The highest BCUT2D eigenvalue weighted by Crippen LogP contribution is 2.16. The number of amides is 1. The Labute approximate surface area is 310 Å². The van der Waals surface area contributed by atoms with Gasteiger partial charge in [-0.1, -0.05) is 168 Å². The molecule has 0 aromatic rings. The molecule has 0 aromatic heterocycles. The second-order valence-electron chi connectivity index (χ2n) is 14.8. The number of ether oxygens (including phenoxy) is 3. The smallest absolute Gasteiger partial charge is 0.407 e. The molecule has 0 aromatic carbocycles. The lowest BCUT2D eigenvalue weighted by atomic mass is 10.0. The average Bonchev–Trinajstić information content (AvgIpc) is 3.08. The van der Waals surface area contributed by atoms with E-state index in [1.807, 2.05) is 0 Å².